The summed E-state index contributed by atoms with van der Waals surface area (Å²) in [6.07, 6.45) is 0. The maximum absolute atomic E-state index is 7.15. The number of hydrogen-bond acceptors (Lipinski definition) is 2. The lowest BCUT2D eigenvalue weighted by molar-refractivity contribution is 0.492. The summed E-state index contributed by atoms with van der Waals surface area (Å²) in [6.45, 7) is 28.2. The van der Waals surface area contributed by atoms with Crippen molar-refractivity contribution in [3.8, 4) is 23.0 Å². The number of para-hydroxylation sites is 2. The summed E-state index contributed by atoms with van der Waals surface area (Å²) in [7, 11) is 0. The molecule has 0 aliphatic carbocycles. The van der Waals surface area contributed by atoms with Crippen molar-refractivity contribution in [2.75, 3.05) is 0 Å². The molecule has 0 unspecified atom stereocenters. The molecular weight excluding hydrogens is 750 g/mol. The van der Waals surface area contributed by atoms with Crippen LogP contribution in [0, 0.1) is 0 Å². The van der Waals surface area contributed by atoms with Crippen molar-refractivity contribution in [2.24, 2.45) is 0 Å². The third-order valence-electron chi connectivity index (χ3n) is 14.3. The van der Waals surface area contributed by atoms with Crippen LogP contribution in [0.1, 0.15) is 152 Å². The van der Waals surface area contributed by atoms with Crippen LogP contribution in [-0.4, -0.2) is 13.4 Å². The summed E-state index contributed by atoms with van der Waals surface area (Å²) in [5.41, 5.74) is 16.5. The number of fused-ring (bicyclic) bond motifs is 6. The van der Waals surface area contributed by atoms with Crippen LogP contribution in [0.15, 0.2) is 109 Å². The van der Waals surface area contributed by atoms with E-state index in [2.05, 4.69) is 192 Å². The minimum atomic E-state index is 0.0358. The Morgan fingerprint density at radius 1 is 0.355 bits per heavy atom. The van der Waals surface area contributed by atoms with Crippen molar-refractivity contribution in [3.63, 3.8) is 0 Å². The van der Waals surface area contributed by atoms with Gasteiger partial charge in [0.2, 0.25) is 0 Å². The van der Waals surface area contributed by atoms with Crippen molar-refractivity contribution >= 4 is 78.5 Å². The van der Waals surface area contributed by atoms with Crippen molar-refractivity contribution in [3.05, 3.63) is 143 Å². The van der Waals surface area contributed by atoms with Gasteiger partial charge in [0.1, 0.15) is 23.0 Å². The summed E-state index contributed by atoms with van der Waals surface area (Å²) in [5, 5.41) is 7.28. The Bertz CT molecular complexity index is 2790. The van der Waals surface area contributed by atoms with Gasteiger partial charge in [-0.05, 0) is 126 Å². The first-order valence-electron chi connectivity index (χ1n) is 23.4. The molecule has 0 atom stereocenters. The molecule has 0 spiro atoms. The Labute approximate surface area is 370 Å². The third-order valence-corrected chi connectivity index (χ3v) is 14.3. The normalized spacial score (nSPS) is 13.6. The smallest absolute Gasteiger partial charge is 0.251 e. The number of rotatable bonds is 8. The van der Waals surface area contributed by atoms with E-state index in [-0.39, 0.29) is 13.4 Å². The highest BCUT2D eigenvalue weighted by atomic mass is 16.5. The van der Waals surface area contributed by atoms with Gasteiger partial charge in [-0.25, -0.2) is 0 Å². The van der Waals surface area contributed by atoms with Gasteiger partial charge in [-0.1, -0.05) is 179 Å². The quantitative estimate of drug-likeness (QED) is 0.112. The second-order valence-electron chi connectivity index (χ2n) is 20.3. The molecule has 0 saturated heterocycles. The predicted molar refractivity (Wildman–Crippen MR) is 270 cm³/mol. The highest BCUT2D eigenvalue weighted by Gasteiger charge is 2.40. The maximum atomic E-state index is 7.15. The molecule has 10 rings (SSSR count). The number of ether oxygens (including phenoxy) is 2. The van der Waals surface area contributed by atoms with Gasteiger partial charge >= 0.3 is 0 Å². The van der Waals surface area contributed by atoms with Gasteiger partial charge in [0.05, 0.1) is 0 Å². The highest BCUT2D eigenvalue weighted by Crippen LogP contribution is 2.45. The fraction of sp³-hybridized carbons (Fsp3) is 0.310. The van der Waals surface area contributed by atoms with E-state index in [1.54, 1.807) is 0 Å². The SMILES string of the molecule is CC(C)c1cc(C(C)C)c(B2c3ccccc3Oc3c2cc2ccc4c5c(cc6ccc3c2c64)B(c2c(C(C)C)cc(C(C)C)cc2C(C)C)c2ccccc2O5)c(C(C)C)c1. The minimum Gasteiger partial charge on any atom is -0.458 e. The molecule has 2 aliphatic heterocycles. The molecule has 0 fully saturated rings. The number of hydrogen-bond donors (Lipinski definition) is 0. The van der Waals surface area contributed by atoms with Crippen molar-refractivity contribution in [1.82, 2.24) is 0 Å². The van der Waals surface area contributed by atoms with Gasteiger partial charge in [0.25, 0.3) is 13.4 Å². The summed E-state index contributed by atoms with van der Waals surface area (Å²) < 4.78 is 14.3. The molecule has 62 heavy (non-hydrogen) atoms. The van der Waals surface area contributed by atoms with E-state index in [9.17, 15) is 0 Å². The fourth-order valence-electron chi connectivity index (χ4n) is 11.1. The van der Waals surface area contributed by atoms with E-state index in [4.69, 9.17) is 9.47 Å². The summed E-state index contributed by atoms with van der Waals surface area (Å²) in [4.78, 5) is 0. The van der Waals surface area contributed by atoms with Crippen LogP contribution in [0.2, 0.25) is 0 Å². The predicted octanol–water partition coefficient (Wildman–Crippen LogP) is 12.6. The monoisotopic (exact) mass is 810 g/mol. The molecule has 0 amide bonds. The van der Waals surface area contributed by atoms with Crippen molar-refractivity contribution in [2.45, 2.75) is 119 Å². The lowest BCUT2D eigenvalue weighted by Gasteiger charge is -2.34. The molecule has 8 aromatic carbocycles. The second kappa shape index (κ2) is 15.1. The van der Waals surface area contributed by atoms with Gasteiger partial charge in [-0.2, -0.15) is 0 Å². The topological polar surface area (TPSA) is 18.5 Å². The molecule has 0 aromatic heterocycles. The van der Waals surface area contributed by atoms with Gasteiger partial charge in [0.15, 0.2) is 0 Å². The molecule has 0 N–H and O–H groups in total. The average Bonchev–Trinajstić information content (AvgIpc) is 3.25. The van der Waals surface area contributed by atoms with E-state index in [0.29, 0.717) is 35.5 Å². The molecule has 0 radical (unpaired) electrons. The van der Waals surface area contributed by atoms with E-state index in [1.165, 1.54) is 87.7 Å². The summed E-state index contributed by atoms with van der Waals surface area (Å²) in [6, 6.07) is 41.8. The Hall–Kier alpha value is -5.47. The summed E-state index contributed by atoms with van der Waals surface area (Å²) >= 11 is 0. The molecule has 2 heterocycles. The molecule has 310 valence electrons. The van der Waals surface area contributed by atoms with Crippen LogP contribution in [-0.2, 0) is 0 Å². The first kappa shape index (κ1) is 40.6. The first-order valence-corrected chi connectivity index (χ1v) is 23.4. The van der Waals surface area contributed by atoms with Gasteiger partial charge in [0, 0.05) is 21.5 Å². The van der Waals surface area contributed by atoms with Gasteiger partial charge in [-0.3, -0.25) is 0 Å². The zero-order valence-corrected chi connectivity index (χ0v) is 38.8. The van der Waals surface area contributed by atoms with E-state index in [1.807, 2.05) is 0 Å². The maximum Gasteiger partial charge on any atom is 0.251 e. The molecular formula is C58H60B2O2. The molecule has 4 heteroatoms. The molecule has 0 saturated carbocycles. The zero-order chi connectivity index (χ0) is 43.5. The highest BCUT2D eigenvalue weighted by molar-refractivity contribution is 6.98. The molecule has 2 nitrogen and oxygen atoms in total. The van der Waals surface area contributed by atoms with Crippen LogP contribution < -0.4 is 42.3 Å². The van der Waals surface area contributed by atoms with Crippen molar-refractivity contribution in [1.29, 1.82) is 0 Å². The molecule has 8 aromatic rings. The average molecular weight is 811 g/mol. The molecule has 2 aliphatic rings. The Kier molecular flexibility index (Phi) is 9.89. The minimum absolute atomic E-state index is 0.0358. The molecule has 0 bridgehead atoms. The van der Waals surface area contributed by atoms with Crippen molar-refractivity contribution < 1.29 is 9.47 Å². The van der Waals surface area contributed by atoms with Crippen LogP contribution >= 0.6 is 0 Å². The lowest BCUT2D eigenvalue weighted by Crippen LogP contribution is -2.57. The van der Waals surface area contributed by atoms with Crippen LogP contribution in [0.25, 0.3) is 32.3 Å². The fourth-order valence-corrected chi connectivity index (χ4v) is 11.1. The van der Waals surface area contributed by atoms with E-state index >= 15 is 0 Å². The first-order chi connectivity index (χ1) is 29.7. The lowest BCUT2D eigenvalue weighted by atomic mass is 9.33. The summed E-state index contributed by atoms with van der Waals surface area (Å²) in [5.74, 6) is 6.22. The van der Waals surface area contributed by atoms with Crippen LogP contribution in [0.3, 0.4) is 0 Å². The van der Waals surface area contributed by atoms with Gasteiger partial charge in [-0.15, -0.1) is 0 Å². The number of benzene rings is 8. The Morgan fingerprint density at radius 2 is 0.694 bits per heavy atom. The zero-order valence-electron chi connectivity index (χ0n) is 38.8. The van der Waals surface area contributed by atoms with Crippen LogP contribution in [0.4, 0.5) is 0 Å². The Morgan fingerprint density at radius 3 is 1.02 bits per heavy atom. The largest absolute Gasteiger partial charge is 0.458 e. The van der Waals surface area contributed by atoms with E-state index in [0.717, 1.165) is 33.8 Å². The standard InChI is InChI=1S/C58H60B2O2/c1-31(2)39-25-43(33(5)6)55(44(26-39)34(7)8)59-47-17-13-15-19-51(47)61-57-41-23-22-38-30-50-58(42-24-21-37(29-49(57)59)53(41)54(38)42)62-52-20-16-14-18-48(52)60(50)56-45(35(9)10)27-40(32(3)4)28-46(56)36(11)12/h13-36H,1-12H3. The second-order valence-corrected chi connectivity index (χ2v) is 20.3. The Balaban J connectivity index is 1.25. The third kappa shape index (κ3) is 6.22. The van der Waals surface area contributed by atoms with Crippen LogP contribution in [0.5, 0.6) is 23.0 Å². The van der Waals surface area contributed by atoms with E-state index < -0.39 is 0 Å². The van der Waals surface area contributed by atoms with Gasteiger partial charge < -0.3 is 9.47 Å².